The second-order valence-electron chi connectivity index (χ2n) is 10.9. The van der Waals surface area contributed by atoms with Gasteiger partial charge in [0.25, 0.3) is 5.91 Å². The molecule has 1 unspecified atom stereocenters. The number of carbonyl (C=O) groups is 1. The molecule has 1 saturated carbocycles. The van der Waals surface area contributed by atoms with Crippen molar-refractivity contribution in [2.75, 3.05) is 18.2 Å². The van der Waals surface area contributed by atoms with Crippen molar-refractivity contribution in [3.8, 4) is 0 Å². The second kappa shape index (κ2) is 9.15. The van der Waals surface area contributed by atoms with E-state index < -0.39 is 0 Å². The molecule has 6 heteroatoms. The van der Waals surface area contributed by atoms with Gasteiger partial charge in [-0.1, -0.05) is 68.7 Å². The number of aromatic nitrogens is 1. The number of hydrogen-bond donors (Lipinski definition) is 0. The number of nitrogens with zero attached hydrogens (tertiary/aromatic N) is 3. The highest BCUT2D eigenvalue weighted by atomic mass is 32.2. The first kappa shape index (κ1) is 23.4. The quantitative estimate of drug-likeness (QED) is 0.452. The molecular weight excluding hydrogens is 466 g/mol. The number of fused-ring (bicyclic) bond motifs is 3. The minimum atomic E-state index is -0.0856. The summed E-state index contributed by atoms with van der Waals surface area (Å²) in [6, 6.07) is 18.8. The lowest BCUT2D eigenvalue weighted by Crippen LogP contribution is -2.57. The lowest BCUT2D eigenvalue weighted by atomic mass is 9.75. The van der Waals surface area contributed by atoms with Crippen LogP contribution in [-0.2, 0) is 5.75 Å². The molecule has 0 N–H and O–H groups in total. The Morgan fingerprint density at radius 2 is 1.67 bits per heavy atom. The number of rotatable bonds is 3. The van der Waals surface area contributed by atoms with E-state index >= 15 is 0 Å². The van der Waals surface area contributed by atoms with Crippen molar-refractivity contribution in [3.05, 3.63) is 99.0 Å². The molecule has 0 bridgehead atoms. The van der Waals surface area contributed by atoms with E-state index in [4.69, 9.17) is 0 Å². The molecular formula is C30H33N3O2S. The van der Waals surface area contributed by atoms with Gasteiger partial charge in [0.15, 0.2) is 5.43 Å². The van der Waals surface area contributed by atoms with E-state index in [1.54, 1.807) is 19.2 Å². The Morgan fingerprint density at radius 1 is 0.944 bits per heavy atom. The van der Waals surface area contributed by atoms with Crippen LogP contribution in [0.5, 0.6) is 0 Å². The van der Waals surface area contributed by atoms with E-state index in [-0.39, 0.29) is 22.8 Å². The van der Waals surface area contributed by atoms with Gasteiger partial charge in [0.2, 0.25) is 0 Å². The molecule has 1 aromatic heterocycles. The SMILES string of the molecule is Cc1c2n(ccc1=O)N(C1c3ccccc3CSc3ccccc31)CN(CC1(C)CCCCC1)C2=O. The van der Waals surface area contributed by atoms with E-state index in [1.807, 2.05) is 21.3 Å². The topological polar surface area (TPSA) is 45.6 Å². The molecule has 186 valence electrons. The molecule has 2 aliphatic heterocycles. The van der Waals surface area contributed by atoms with Gasteiger partial charge in [-0.25, -0.2) is 0 Å². The molecule has 3 aromatic rings. The summed E-state index contributed by atoms with van der Waals surface area (Å²) in [5, 5.41) is 2.30. The minimum absolute atomic E-state index is 0.0298. The van der Waals surface area contributed by atoms with Crippen LogP contribution in [0.25, 0.3) is 0 Å². The van der Waals surface area contributed by atoms with Gasteiger partial charge in [-0.2, -0.15) is 0 Å². The molecule has 36 heavy (non-hydrogen) atoms. The number of benzene rings is 2. The lowest BCUT2D eigenvalue weighted by molar-refractivity contribution is 0.0534. The molecule has 0 spiro atoms. The maximum absolute atomic E-state index is 13.9. The third-order valence-corrected chi connectivity index (χ3v) is 9.42. The van der Waals surface area contributed by atoms with Crippen molar-refractivity contribution in [2.24, 2.45) is 5.41 Å². The Balaban J connectivity index is 1.52. The number of pyridine rings is 1. The fourth-order valence-corrected chi connectivity index (χ4v) is 7.42. The highest BCUT2D eigenvalue weighted by molar-refractivity contribution is 7.98. The van der Waals surface area contributed by atoms with Crippen LogP contribution in [0.15, 0.2) is 70.5 Å². The maximum atomic E-state index is 13.9. The van der Waals surface area contributed by atoms with E-state index in [9.17, 15) is 9.59 Å². The normalized spacial score (nSPS) is 20.8. The molecule has 1 aliphatic carbocycles. The molecule has 3 heterocycles. The first-order chi connectivity index (χ1) is 17.5. The van der Waals surface area contributed by atoms with Gasteiger partial charge in [-0.3, -0.25) is 19.3 Å². The number of hydrogen-bond acceptors (Lipinski definition) is 4. The van der Waals surface area contributed by atoms with Crippen molar-refractivity contribution in [2.45, 2.75) is 62.6 Å². The van der Waals surface area contributed by atoms with E-state index in [1.165, 1.54) is 40.8 Å². The van der Waals surface area contributed by atoms with E-state index in [0.717, 1.165) is 25.1 Å². The minimum Gasteiger partial charge on any atom is -0.318 e. The number of carbonyl (C=O) groups excluding carboxylic acids is 1. The Bertz CT molecular complexity index is 1330. The lowest BCUT2D eigenvalue weighted by Gasteiger charge is -2.47. The average molecular weight is 500 g/mol. The third-order valence-electron chi connectivity index (χ3n) is 8.28. The predicted molar refractivity (Wildman–Crippen MR) is 145 cm³/mol. The number of thioether (sulfide) groups is 1. The van der Waals surface area contributed by atoms with Crippen molar-refractivity contribution in [3.63, 3.8) is 0 Å². The Labute approximate surface area is 217 Å². The smallest absolute Gasteiger partial charge is 0.274 e. The summed E-state index contributed by atoms with van der Waals surface area (Å²) < 4.78 is 1.97. The van der Waals surface area contributed by atoms with Crippen molar-refractivity contribution >= 4 is 17.7 Å². The van der Waals surface area contributed by atoms with Crippen molar-refractivity contribution in [1.82, 2.24) is 9.58 Å². The summed E-state index contributed by atoms with van der Waals surface area (Å²) in [7, 11) is 0. The maximum Gasteiger partial charge on any atom is 0.274 e. The van der Waals surface area contributed by atoms with Crippen LogP contribution in [0.4, 0.5) is 0 Å². The van der Waals surface area contributed by atoms with Crippen LogP contribution in [-0.4, -0.2) is 28.7 Å². The van der Waals surface area contributed by atoms with Crippen LogP contribution in [0, 0.1) is 12.3 Å². The average Bonchev–Trinajstić information content (AvgIpc) is 3.05. The zero-order valence-corrected chi connectivity index (χ0v) is 21.9. The largest absolute Gasteiger partial charge is 0.318 e. The molecule has 3 aliphatic rings. The van der Waals surface area contributed by atoms with Crippen LogP contribution in [0.2, 0.25) is 0 Å². The van der Waals surface area contributed by atoms with Gasteiger partial charge >= 0.3 is 0 Å². The molecule has 1 amide bonds. The third kappa shape index (κ3) is 3.96. The molecule has 0 saturated heterocycles. The predicted octanol–water partition coefficient (Wildman–Crippen LogP) is 5.87. The number of amides is 1. The highest BCUT2D eigenvalue weighted by Crippen LogP contribution is 2.43. The standard InChI is InChI=1S/C30H33N3O2S/c1-21-25(34)14-17-32-27(21)29(35)31(19-30(2)15-8-3-9-16-30)20-33(32)28-23-11-5-4-10-22(23)18-36-26-13-7-6-12-24(26)28/h4-7,10-14,17,28H,3,8-9,15-16,18-20H2,1-2H3. The molecule has 0 radical (unpaired) electrons. The summed E-state index contributed by atoms with van der Waals surface area (Å²) >= 11 is 1.87. The summed E-state index contributed by atoms with van der Waals surface area (Å²) in [5.74, 6) is 0.881. The van der Waals surface area contributed by atoms with Crippen LogP contribution in [0.3, 0.4) is 0 Å². The van der Waals surface area contributed by atoms with Gasteiger partial charge in [-0.05, 0) is 47.9 Å². The zero-order chi connectivity index (χ0) is 24.9. The Kier molecular flexibility index (Phi) is 5.95. The fourth-order valence-electron chi connectivity index (χ4n) is 6.32. The summed E-state index contributed by atoms with van der Waals surface area (Å²) in [6.07, 6.45) is 7.80. The van der Waals surface area contributed by atoms with Gasteiger partial charge in [-0.15, -0.1) is 11.8 Å². The Morgan fingerprint density at radius 3 is 2.47 bits per heavy atom. The molecule has 2 aromatic carbocycles. The van der Waals surface area contributed by atoms with E-state index in [0.29, 0.717) is 17.9 Å². The molecule has 1 atom stereocenters. The van der Waals surface area contributed by atoms with Crippen molar-refractivity contribution < 1.29 is 4.79 Å². The van der Waals surface area contributed by atoms with Crippen molar-refractivity contribution in [1.29, 1.82) is 0 Å². The van der Waals surface area contributed by atoms with Gasteiger partial charge < -0.3 is 4.90 Å². The summed E-state index contributed by atoms with van der Waals surface area (Å²) in [4.78, 5) is 29.9. The van der Waals surface area contributed by atoms with Crippen LogP contribution in [0.1, 0.15) is 77.8 Å². The first-order valence-corrected chi connectivity index (χ1v) is 14.0. The van der Waals surface area contributed by atoms with Gasteiger partial charge in [0.05, 0.1) is 6.04 Å². The first-order valence-electron chi connectivity index (χ1n) is 13.0. The fraction of sp³-hybridized carbons (Fsp3) is 0.400. The van der Waals surface area contributed by atoms with Gasteiger partial charge in [0, 0.05) is 35.0 Å². The van der Waals surface area contributed by atoms with Gasteiger partial charge in [0.1, 0.15) is 12.4 Å². The molecule has 5 nitrogen and oxygen atoms in total. The monoisotopic (exact) mass is 499 g/mol. The second-order valence-corrected chi connectivity index (χ2v) is 11.9. The highest BCUT2D eigenvalue weighted by Gasteiger charge is 2.40. The zero-order valence-electron chi connectivity index (χ0n) is 21.1. The summed E-state index contributed by atoms with van der Waals surface area (Å²) in [6.45, 7) is 5.33. The summed E-state index contributed by atoms with van der Waals surface area (Å²) in [5.41, 5.74) is 4.86. The van der Waals surface area contributed by atoms with E-state index in [2.05, 4.69) is 60.5 Å². The molecule has 6 rings (SSSR count). The Hall–Kier alpha value is -2.99. The van der Waals surface area contributed by atoms with Crippen LogP contribution < -0.4 is 10.4 Å². The van der Waals surface area contributed by atoms with Crippen LogP contribution >= 0.6 is 11.8 Å². The molecule has 1 fully saturated rings.